The summed E-state index contributed by atoms with van der Waals surface area (Å²) in [6.07, 6.45) is 6.88. The molecule has 4 rings (SSSR count). The van der Waals surface area contributed by atoms with Crippen LogP contribution in [0.3, 0.4) is 0 Å². The Morgan fingerprint density at radius 1 is 1.09 bits per heavy atom. The van der Waals surface area contributed by atoms with Gasteiger partial charge in [-0.05, 0) is 18.1 Å². The number of rotatable bonds is 9. The molecule has 0 aliphatic carbocycles. The maximum Gasteiger partial charge on any atom is 0.203 e. The second kappa shape index (κ2) is 11.6. The highest BCUT2D eigenvalue weighted by Crippen LogP contribution is 2.41. The molecule has 0 amide bonds. The minimum Gasteiger partial charge on any atom is -0.493 e. The molecule has 0 saturated carbocycles. The van der Waals surface area contributed by atoms with Crippen molar-refractivity contribution in [2.24, 2.45) is 0 Å². The summed E-state index contributed by atoms with van der Waals surface area (Å²) in [6, 6.07) is 11.9. The second-order valence-corrected chi connectivity index (χ2v) is 8.12. The molecule has 182 valence electrons. The first-order valence-corrected chi connectivity index (χ1v) is 11.5. The third-order valence-electron chi connectivity index (χ3n) is 5.97. The van der Waals surface area contributed by atoms with Gasteiger partial charge in [0.2, 0.25) is 5.75 Å². The van der Waals surface area contributed by atoms with Crippen LogP contribution in [-0.2, 0) is 4.74 Å². The molecule has 1 aromatic heterocycles. The second-order valence-electron chi connectivity index (χ2n) is 8.12. The Kier molecular flexibility index (Phi) is 8.03. The van der Waals surface area contributed by atoms with Crippen molar-refractivity contribution in [3.8, 4) is 23.3 Å². The van der Waals surface area contributed by atoms with Crippen LogP contribution in [0.1, 0.15) is 17.5 Å². The normalized spacial score (nSPS) is 14.1. The predicted molar refractivity (Wildman–Crippen MR) is 137 cm³/mol. The minimum atomic E-state index is 0.444. The number of fused-ring (bicyclic) bond motifs is 1. The summed E-state index contributed by atoms with van der Waals surface area (Å²) in [5, 5.41) is 13.9. The summed E-state index contributed by atoms with van der Waals surface area (Å²) in [4.78, 5) is 6.94. The van der Waals surface area contributed by atoms with Crippen LogP contribution in [-0.4, -0.2) is 64.1 Å². The number of hydrogen-bond donors (Lipinski definition) is 1. The number of ether oxygens (including phenoxy) is 4. The monoisotopic (exact) mass is 474 g/mol. The quantitative estimate of drug-likeness (QED) is 0.481. The Hall–Kier alpha value is -3.80. The van der Waals surface area contributed by atoms with E-state index in [0.717, 1.165) is 55.7 Å². The number of nitriles is 1. The summed E-state index contributed by atoms with van der Waals surface area (Å²) >= 11 is 0. The van der Waals surface area contributed by atoms with Gasteiger partial charge in [-0.3, -0.25) is 9.88 Å². The first-order valence-electron chi connectivity index (χ1n) is 11.5. The Morgan fingerprint density at radius 3 is 2.49 bits per heavy atom. The van der Waals surface area contributed by atoms with Crippen LogP contribution >= 0.6 is 0 Å². The minimum absolute atomic E-state index is 0.444. The molecule has 2 aromatic carbocycles. The van der Waals surface area contributed by atoms with E-state index < -0.39 is 0 Å². The topological polar surface area (TPSA) is 88.9 Å². The van der Waals surface area contributed by atoms with E-state index in [2.05, 4.69) is 33.4 Å². The Labute approximate surface area is 205 Å². The molecule has 0 atom stereocenters. The van der Waals surface area contributed by atoms with Crippen molar-refractivity contribution in [2.45, 2.75) is 6.42 Å². The Bertz CT molecular complexity index is 1220. The van der Waals surface area contributed by atoms with E-state index in [-0.39, 0.29) is 0 Å². The van der Waals surface area contributed by atoms with Crippen molar-refractivity contribution in [3.05, 3.63) is 53.7 Å². The van der Waals surface area contributed by atoms with Gasteiger partial charge < -0.3 is 24.3 Å². The highest BCUT2D eigenvalue weighted by Gasteiger charge is 2.16. The summed E-state index contributed by atoms with van der Waals surface area (Å²) in [5.41, 5.74) is 3.69. The van der Waals surface area contributed by atoms with E-state index in [9.17, 15) is 5.26 Å². The Morgan fingerprint density at radius 2 is 1.83 bits per heavy atom. The highest BCUT2D eigenvalue weighted by molar-refractivity contribution is 5.96. The molecule has 2 heterocycles. The lowest BCUT2D eigenvalue weighted by Crippen LogP contribution is -2.36. The fourth-order valence-corrected chi connectivity index (χ4v) is 4.13. The zero-order valence-electron chi connectivity index (χ0n) is 20.3. The van der Waals surface area contributed by atoms with Gasteiger partial charge in [0.1, 0.15) is 6.07 Å². The van der Waals surface area contributed by atoms with Crippen molar-refractivity contribution in [3.63, 3.8) is 0 Å². The summed E-state index contributed by atoms with van der Waals surface area (Å²) in [5.74, 6) is 1.55. The predicted octanol–water partition coefficient (Wildman–Crippen LogP) is 4.61. The van der Waals surface area contributed by atoms with E-state index in [4.69, 9.17) is 18.9 Å². The van der Waals surface area contributed by atoms with Crippen LogP contribution in [0.5, 0.6) is 17.2 Å². The number of aromatic nitrogens is 1. The SMILES string of the molecule is COc1cc(Nc2c(C#N)cnc3cc(/C=C/CCN4CCOCC4)ccc23)cc(OC)c1OC. The van der Waals surface area contributed by atoms with Crippen molar-refractivity contribution in [2.75, 3.05) is 59.5 Å². The van der Waals surface area contributed by atoms with E-state index in [1.165, 1.54) is 0 Å². The lowest BCUT2D eigenvalue weighted by atomic mass is 10.1. The maximum absolute atomic E-state index is 9.72. The van der Waals surface area contributed by atoms with Crippen molar-refractivity contribution >= 4 is 28.4 Å². The molecule has 1 saturated heterocycles. The number of anilines is 2. The van der Waals surface area contributed by atoms with Crippen LogP contribution in [0.15, 0.2) is 42.6 Å². The molecule has 0 spiro atoms. The number of benzene rings is 2. The number of morpholine rings is 1. The van der Waals surface area contributed by atoms with E-state index in [0.29, 0.717) is 34.2 Å². The molecule has 0 bridgehead atoms. The fourth-order valence-electron chi connectivity index (χ4n) is 4.13. The van der Waals surface area contributed by atoms with Gasteiger partial charge in [0.05, 0.1) is 51.3 Å². The van der Waals surface area contributed by atoms with Gasteiger partial charge in [0.15, 0.2) is 11.5 Å². The van der Waals surface area contributed by atoms with Gasteiger partial charge in [0.25, 0.3) is 0 Å². The standard InChI is InChI=1S/C27H30N4O4/c1-32-24-15-21(16-25(33-2)27(24)34-3)30-26-20(17-28)18-29-23-14-19(7-8-22(23)26)6-4-5-9-31-10-12-35-13-11-31/h4,6-8,14-16,18H,5,9-13H2,1-3H3,(H,29,30)/b6-4+. The van der Waals surface area contributed by atoms with Crippen LogP contribution in [0.25, 0.3) is 17.0 Å². The van der Waals surface area contributed by atoms with Gasteiger partial charge in [-0.15, -0.1) is 0 Å². The summed E-state index contributed by atoms with van der Waals surface area (Å²) < 4.78 is 21.7. The van der Waals surface area contributed by atoms with Gasteiger partial charge in [-0.1, -0.05) is 24.3 Å². The lowest BCUT2D eigenvalue weighted by Gasteiger charge is -2.25. The maximum atomic E-state index is 9.72. The third-order valence-corrected chi connectivity index (χ3v) is 5.97. The summed E-state index contributed by atoms with van der Waals surface area (Å²) in [7, 11) is 4.70. The van der Waals surface area contributed by atoms with Crippen LogP contribution in [0, 0.1) is 11.3 Å². The van der Waals surface area contributed by atoms with Crippen LogP contribution in [0.2, 0.25) is 0 Å². The van der Waals surface area contributed by atoms with E-state index >= 15 is 0 Å². The first-order chi connectivity index (χ1) is 17.2. The van der Waals surface area contributed by atoms with Crippen molar-refractivity contribution in [1.29, 1.82) is 5.26 Å². The largest absolute Gasteiger partial charge is 0.493 e. The number of pyridine rings is 1. The molecular formula is C27H30N4O4. The molecule has 0 unspecified atom stereocenters. The first kappa shape index (κ1) is 24.3. The number of nitrogens with one attached hydrogen (secondary N) is 1. The van der Waals surface area contributed by atoms with Gasteiger partial charge >= 0.3 is 0 Å². The zero-order valence-corrected chi connectivity index (χ0v) is 20.3. The fraction of sp³-hybridized carbons (Fsp3) is 0.333. The molecule has 1 N–H and O–H groups in total. The molecule has 0 radical (unpaired) electrons. The Balaban J connectivity index is 1.58. The lowest BCUT2D eigenvalue weighted by molar-refractivity contribution is 0.0387. The van der Waals surface area contributed by atoms with E-state index in [1.807, 2.05) is 18.2 Å². The number of methoxy groups -OCH3 is 3. The zero-order chi connectivity index (χ0) is 24.6. The van der Waals surface area contributed by atoms with Crippen molar-refractivity contribution in [1.82, 2.24) is 9.88 Å². The number of nitrogens with zero attached hydrogens (tertiary/aromatic N) is 3. The average molecular weight is 475 g/mol. The summed E-state index contributed by atoms with van der Waals surface area (Å²) in [6.45, 7) is 4.65. The molecule has 35 heavy (non-hydrogen) atoms. The van der Waals surface area contributed by atoms with E-state index in [1.54, 1.807) is 39.7 Å². The number of hydrogen-bond acceptors (Lipinski definition) is 8. The third kappa shape index (κ3) is 5.65. The van der Waals surface area contributed by atoms with Crippen molar-refractivity contribution < 1.29 is 18.9 Å². The van der Waals surface area contributed by atoms with Gasteiger partial charge in [0, 0.05) is 49.0 Å². The molecule has 1 fully saturated rings. The molecule has 3 aromatic rings. The average Bonchev–Trinajstić information content (AvgIpc) is 2.91. The van der Waals surface area contributed by atoms with Gasteiger partial charge in [-0.2, -0.15) is 5.26 Å². The molecule has 8 nitrogen and oxygen atoms in total. The highest BCUT2D eigenvalue weighted by atomic mass is 16.5. The van der Waals surface area contributed by atoms with Crippen LogP contribution in [0.4, 0.5) is 11.4 Å². The molecule has 8 heteroatoms. The smallest absolute Gasteiger partial charge is 0.203 e. The van der Waals surface area contributed by atoms with Crippen LogP contribution < -0.4 is 19.5 Å². The molecule has 1 aliphatic heterocycles. The molecule has 1 aliphatic rings. The van der Waals surface area contributed by atoms with Gasteiger partial charge in [-0.25, -0.2) is 0 Å². The molecular weight excluding hydrogens is 444 g/mol.